The van der Waals surface area contributed by atoms with Crippen LogP contribution in [0.1, 0.15) is 19.3 Å². The van der Waals surface area contributed by atoms with Crippen LogP contribution in [0.5, 0.6) is 0 Å². The molecule has 0 bridgehead atoms. The summed E-state index contributed by atoms with van der Waals surface area (Å²) in [5.74, 6) is 0.0233. The summed E-state index contributed by atoms with van der Waals surface area (Å²) in [5, 5.41) is 10.3. The maximum atomic E-state index is 11.4. The zero-order valence-corrected chi connectivity index (χ0v) is 9.35. The molecule has 88 valence electrons. The van der Waals surface area contributed by atoms with Gasteiger partial charge in [0, 0.05) is 25.0 Å². The van der Waals surface area contributed by atoms with Gasteiger partial charge in [-0.25, -0.2) is 0 Å². The third-order valence-corrected chi connectivity index (χ3v) is 2.55. The van der Waals surface area contributed by atoms with E-state index in [4.69, 9.17) is 0 Å². The molecule has 16 heavy (non-hydrogen) atoms. The van der Waals surface area contributed by atoms with Gasteiger partial charge >= 0.3 is 0 Å². The molecule has 1 saturated carbocycles. The molecule has 2 N–H and O–H groups in total. The topological polar surface area (TPSA) is 59.0 Å². The Balaban J connectivity index is 1.50. The Morgan fingerprint density at radius 1 is 1.44 bits per heavy atom. The molecule has 0 spiro atoms. The third-order valence-electron chi connectivity index (χ3n) is 2.55. The monoisotopic (exact) mass is 222 g/mol. The Hall–Kier alpha value is -1.36. The number of hydrogen-bond acceptors (Lipinski definition) is 3. The molecule has 0 atom stereocenters. The SMILES string of the molecule is O=C(Cn1cccn1)NCCCNC1CC1. The number of hydrogen-bond donors (Lipinski definition) is 2. The fraction of sp³-hybridized carbons (Fsp3) is 0.636. The smallest absolute Gasteiger partial charge is 0.241 e. The highest BCUT2D eigenvalue weighted by Gasteiger charge is 2.19. The number of nitrogens with one attached hydrogen (secondary N) is 2. The lowest BCUT2D eigenvalue weighted by Crippen LogP contribution is -2.30. The Morgan fingerprint density at radius 3 is 3.00 bits per heavy atom. The number of aromatic nitrogens is 2. The molecule has 1 aromatic heterocycles. The van der Waals surface area contributed by atoms with Gasteiger partial charge in [-0.1, -0.05) is 0 Å². The third kappa shape index (κ3) is 4.02. The number of rotatable bonds is 7. The summed E-state index contributed by atoms with van der Waals surface area (Å²) in [6.45, 7) is 2.04. The minimum Gasteiger partial charge on any atom is -0.354 e. The van der Waals surface area contributed by atoms with E-state index in [-0.39, 0.29) is 5.91 Å². The van der Waals surface area contributed by atoms with Gasteiger partial charge in [-0.15, -0.1) is 0 Å². The maximum Gasteiger partial charge on any atom is 0.241 e. The summed E-state index contributed by atoms with van der Waals surface area (Å²) in [6, 6.07) is 2.56. The molecule has 1 amide bonds. The molecule has 5 nitrogen and oxygen atoms in total. The zero-order valence-electron chi connectivity index (χ0n) is 9.35. The van der Waals surface area contributed by atoms with Crippen molar-refractivity contribution in [3.05, 3.63) is 18.5 Å². The highest BCUT2D eigenvalue weighted by Crippen LogP contribution is 2.18. The van der Waals surface area contributed by atoms with Crippen LogP contribution in [0.2, 0.25) is 0 Å². The van der Waals surface area contributed by atoms with Gasteiger partial charge in [0.2, 0.25) is 5.91 Å². The van der Waals surface area contributed by atoms with Gasteiger partial charge in [0.25, 0.3) is 0 Å². The van der Waals surface area contributed by atoms with Crippen LogP contribution in [-0.4, -0.2) is 34.8 Å². The van der Waals surface area contributed by atoms with Crippen LogP contribution < -0.4 is 10.6 Å². The predicted octanol–water partition coefficient (Wildman–Crippen LogP) is 0.141. The molecule has 1 heterocycles. The quantitative estimate of drug-likeness (QED) is 0.645. The minimum atomic E-state index is 0.0233. The van der Waals surface area contributed by atoms with E-state index in [9.17, 15) is 4.79 Å². The average Bonchev–Trinajstić information content (AvgIpc) is 2.95. The second-order valence-electron chi connectivity index (χ2n) is 4.14. The first-order chi connectivity index (χ1) is 7.84. The van der Waals surface area contributed by atoms with Gasteiger partial charge in [0.05, 0.1) is 0 Å². The van der Waals surface area contributed by atoms with Crippen molar-refractivity contribution in [2.75, 3.05) is 13.1 Å². The summed E-state index contributed by atoms with van der Waals surface area (Å²) in [6.07, 6.45) is 7.07. The van der Waals surface area contributed by atoms with Crippen molar-refractivity contribution in [3.8, 4) is 0 Å². The fourth-order valence-corrected chi connectivity index (χ4v) is 1.51. The lowest BCUT2D eigenvalue weighted by Gasteiger charge is -2.05. The van der Waals surface area contributed by atoms with Gasteiger partial charge in [0.1, 0.15) is 6.54 Å². The molecule has 5 heteroatoms. The normalized spacial score (nSPS) is 15.0. The molecule has 1 fully saturated rings. The van der Waals surface area contributed by atoms with E-state index < -0.39 is 0 Å². The van der Waals surface area contributed by atoms with E-state index in [2.05, 4.69) is 15.7 Å². The van der Waals surface area contributed by atoms with Crippen molar-refractivity contribution in [2.24, 2.45) is 0 Å². The first-order valence-corrected chi connectivity index (χ1v) is 5.82. The van der Waals surface area contributed by atoms with E-state index >= 15 is 0 Å². The molecule has 1 aliphatic rings. The second kappa shape index (κ2) is 5.65. The molecule has 1 aromatic rings. The molecule has 0 aromatic carbocycles. The van der Waals surface area contributed by atoms with Crippen molar-refractivity contribution in [2.45, 2.75) is 31.8 Å². The van der Waals surface area contributed by atoms with Crippen molar-refractivity contribution in [1.29, 1.82) is 0 Å². The largest absolute Gasteiger partial charge is 0.354 e. The Labute approximate surface area is 95.2 Å². The maximum absolute atomic E-state index is 11.4. The van der Waals surface area contributed by atoms with Crippen LogP contribution in [0.3, 0.4) is 0 Å². The number of carbonyl (C=O) groups excluding carboxylic acids is 1. The summed E-state index contributed by atoms with van der Waals surface area (Å²) in [4.78, 5) is 11.4. The van der Waals surface area contributed by atoms with Gasteiger partial charge in [-0.3, -0.25) is 9.48 Å². The minimum absolute atomic E-state index is 0.0233. The van der Waals surface area contributed by atoms with E-state index in [1.807, 2.05) is 6.07 Å². The fourth-order valence-electron chi connectivity index (χ4n) is 1.51. The highest BCUT2D eigenvalue weighted by molar-refractivity contribution is 5.75. The van der Waals surface area contributed by atoms with Crippen LogP contribution in [-0.2, 0) is 11.3 Å². The van der Waals surface area contributed by atoms with Gasteiger partial charge in [-0.2, -0.15) is 5.10 Å². The summed E-state index contributed by atoms with van der Waals surface area (Å²) in [7, 11) is 0. The average molecular weight is 222 g/mol. The van der Waals surface area contributed by atoms with Gasteiger partial charge < -0.3 is 10.6 Å². The lowest BCUT2D eigenvalue weighted by molar-refractivity contribution is -0.121. The summed E-state index contributed by atoms with van der Waals surface area (Å²) >= 11 is 0. The van der Waals surface area contributed by atoms with Gasteiger partial charge in [0.15, 0.2) is 0 Å². The second-order valence-corrected chi connectivity index (χ2v) is 4.14. The number of nitrogens with zero attached hydrogens (tertiary/aromatic N) is 2. The number of carbonyl (C=O) groups is 1. The molecule has 0 aliphatic heterocycles. The van der Waals surface area contributed by atoms with Crippen molar-refractivity contribution in [1.82, 2.24) is 20.4 Å². The molecule has 0 unspecified atom stereocenters. The molecular formula is C11H18N4O. The van der Waals surface area contributed by atoms with Crippen LogP contribution in [0.4, 0.5) is 0 Å². The van der Waals surface area contributed by atoms with E-state index in [1.165, 1.54) is 12.8 Å². The Bertz CT molecular complexity index is 319. The van der Waals surface area contributed by atoms with Crippen LogP contribution >= 0.6 is 0 Å². The molecule has 1 aliphatic carbocycles. The Morgan fingerprint density at radius 2 is 2.31 bits per heavy atom. The Kier molecular flexibility index (Phi) is 3.93. The highest BCUT2D eigenvalue weighted by atomic mass is 16.2. The van der Waals surface area contributed by atoms with Crippen LogP contribution in [0.25, 0.3) is 0 Å². The van der Waals surface area contributed by atoms with Crippen molar-refractivity contribution in [3.63, 3.8) is 0 Å². The van der Waals surface area contributed by atoms with E-state index in [1.54, 1.807) is 17.1 Å². The van der Waals surface area contributed by atoms with Crippen LogP contribution in [0.15, 0.2) is 18.5 Å². The predicted molar refractivity (Wildman–Crippen MR) is 60.9 cm³/mol. The number of amides is 1. The molecule has 2 rings (SSSR count). The lowest BCUT2D eigenvalue weighted by atomic mass is 10.4. The van der Waals surface area contributed by atoms with Crippen LogP contribution in [0, 0.1) is 0 Å². The van der Waals surface area contributed by atoms with Crippen molar-refractivity contribution >= 4 is 5.91 Å². The molecule has 0 radical (unpaired) electrons. The molecule has 0 saturated heterocycles. The first-order valence-electron chi connectivity index (χ1n) is 5.82. The first kappa shape index (κ1) is 11.1. The van der Waals surface area contributed by atoms with Gasteiger partial charge in [-0.05, 0) is 31.9 Å². The van der Waals surface area contributed by atoms with Crippen molar-refractivity contribution < 1.29 is 4.79 Å². The molecular weight excluding hydrogens is 204 g/mol. The zero-order chi connectivity index (χ0) is 11.2. The van der Waals surface area contributed by atoms with E-state index in [0.29, 0.717) is 6.54 Å². The summed E-state index contributed by atoms with van der Waals surface area (Å²) < 4.78 is 1.62. The standard InChI is InChI=1S/C11H18N4O/c16-11(9-15-8-2-7-14-15)13-6-1-5-12-10-3-4-10/h2,7-8,10,12H,1,3-6,9H2,(H,13,16). The van der Waals surface area contributed by atoms with E-state index in [0.717, 1.165) is 25.6 Å². The summed E-state index contributed by atoms with van der Waals surface area (Å²) in [5.41, 5.74) is 0.